The Hall–Kier alpha value is -1.30. The number of urea groups is 1. The minimum absolute atomic E-state index is 0.0896. The van der Waals surface area contributed by atoms with E-state index >= 15 is 0 Å². The number of carbonyl (C=O) groups is 1. The van der Waals surface area contributed by atoms with Crippen molar-refractivity contribution < 1.29 is 14.3 Å². The lowest BCUT2D eigenvalue weighted by Crippen LogP contribution is -2.48. The van der Waals surface area contributed by atoms with Gasteiger partial charge in [-0.1, -0.05) is 11.6 Å². The van der Waals surface area contributed by atoms with Gasteiger partial charge in [0, 0.05) is 36.6 Å². The van der Waals surface area contributed by atoms with Crippen LogP contribution in [0, 0.1) is 6.92 Å². The summed E-state index contributed by atoms with van der Waals surface area (Å²) in [4.78, 5) is 14.1. The molecule has 0 aromatic heterocycles. The van der Waals surface area contributed by atoms with E-state index < -0.39 is 5.79 Å². The van der Waals surface area contributed by atoms with Crippen molar-refractivity contribution in [1.29, 1.82) is 0 Å². The quantitative estimate of drug-likeness (QED) is 0.867. The zero-order chi connectivity index (χ0) is 14.9. The van der Waals surface area contributed by atoms with E-state index in [9.17, 15) is 4.79 Å². The molecule has 1 spiro atoms. The van der Waals surface area contributed by atoms with Crippen molar-refractivity contribution in [1.82, 2.24) is 4.90 Å². The number of hydrogen-bond acceptors (Lipinski definition) is 3. The van der Waals surface area contributed by atoms with Gasteiger partial charge in [-0.15, -0.1) is 0 Å². The molecule has 2 aliphatic rings. The number of halogens is 1. The number of hydrogen-bond donors (Lipinski definition) is 1. The zero-order valence-corrected chi connectivity index (χ0v) is 12.8. The minimum Gasteiger partial charge on any atom is -0.347 e. The van der Waals surface area contributed by atoms with Gasteiger partial charge in [-0.3, -0.25) is 0 Å². The average Bonchev–Trinajstić information content (AvgIpc) is 2.91. The molecular weight excluding hydrogens is 292 g/mol. The van der Waals surface area contributed by atoms with E-state index in [2.05, 4.69) is 5.32 Å². The SMILES string of the molecule is Cc1cc(Cl)ccc1NC(=O)N1CCC2(CC1)OCCO2. The summed E-state index contributed by atoms with van der Waals surface area (Å²) in [7, 11) is 0. The molecule has 0 aliphatic carbocycles. The van der Waals surface area contributed by atoms with Gasteiger partial charge in [-0.05, 0) is 30.7 Å². The molecule has 1 N–H and O–H groups in total. The molecule has 0 atom stereocenters. The Morgan fingerprint density at radius 2 is 1.95 bits per heavy atom. The van der Waals surface area contributed by atoms with Crippen LogP contribution in [0.4, 0.5) is 10.5 Å². The highest BCUT2D eigenvalue weighted by Gasteiger charge is 2.40. The second-order valence-electron chi connectivity index (χ2n) is 5.48. The first-order valence-electron chi connectivity index (χ1n) is 7.18. The smallest absolute Gasteiger partial charge is 0.321 e. The van der Waals surface area contributed by atoms with Crippen molar-refractivity contribution in [2.45, 2.75) is 25.6 Å². The van der Waals surface area contributed by atoms with Crippen LogP contribution >= 0.6 is 11.6 Å². The molecule has 0 radical (unpaired) electrons. The average molecular weight is 311 g/mol. The standard InChI is InChI=1S/C15H19ClN2O3/c1-11-10-12(16)2-3-13(11)17-14(19)18-6-4-15(5-7-18)20-8-9-21-15/h2-3,10H,4-9H2,1H3,(H,17,19). The van der Waals surface area contributed by atoms with Crippen LogP contribution in [-0.2, 0) is 9.47 Å². The lowest BCUT2D eigenvalue weighted by molar-refractivity contribution is -0.181. The molecule has 5 nitrogen and oxygen atoms in total. The molecule has 6 heteroatoms. The normalized spacial score (nSPS) is 20.8. The van der Waals surface area contributed by atoms with Crippen LogP contribution in [0.2, 0.25) is 5.02 Å². The molecule has 2 fully saturated rings. The maximum absolute atomic E-state index is 12.3. The van der Waals surface area contributed by atoms with Crippen LogP contribution in [0.5, 0.6) is 0 Å². The summed E-state index contributed by atoms with van der Waals surface area (Å²) >= 11 is 5.92. The second kappa shape index (κ2) is 5.83. The van der Waals surface area contributed by atoms with Crippen LogP contribution in [0.15, 0.2) is 18.2 Å². The van der Waals surface area contributed by atoms with E-state index in [0.29, 0.717) is 31.3 Å². The number of amides is 2. The van der Waals surface area contributed by atoms with E-state index in [1.54, 1.807) is 11.0 Å². The van der Waals surface area contributed by atoms with Crippen LogP contribution < -0.4 is 5.32 Å². The number of benzene rings is 1. The monoisotopic (exact) mass is 310 g/mol. The Morgan fingerprint density at radius 3 is 2.57 bits per heavy atom. The van der Waals surface area contributed by atoms with Gasteiger partial charge in [0.25, 0.3) is 0 Å². The molecule has 2 aliphatic heterocycles. The summed E-state index contributed by atoms with van der Waals surface area (Å²) in [6.07, 6.45) is 1.44. The fourth-order valence-corrected chi connectivity index (χ4v) is 3.02. The van der Waals surface area contributed by atoms with Gasteiger partial charge in [0.15, 0.2) is 5.79 Å². The Kier molecular flexibility index (Phi) is 4.06. The summed E-state index contributed by atoms with van der Waals surface area (Å²) in [6.45, 7) is 4.50. The molecule has 3 rings (SSSR count). The summed E-state index contributed by atoms with van der Waals surface area (Å²) < 4.78 is 11.3. The number of carbonyl (C=O) groups excluding carboxylic acids is 1. The first kappa shape index (κ1) is 14.6. The van der Waals surface area contributed by atoms with Gasteiger partial charge in [0.05, 0.1) is 13.2 Å². The molecule has 1 aromatic carbocycles. The van der Waals surface area contributed by atoms with E-state index in [1.165, 1.54) is 0 Å². The Balaban J connectivity index is 1.59. The van der Waals surface area contributed by atoms with Crippen molar-refractivity contribution in [3.63, 3.8) is 0 Å². The molecular formula is C15H19ClN2O3. The fourth-order valence-electron chi connectivity index (χ4n) is 2.80. The highest BCUT2D eigenvalue weighted by molar-refractivity contribution is 6.30. The largest absolute Gasteiger partial charge is 0.347 e. The van der Waals surface area contributed by atoms with Crippen molar-refractivity contribution in [3.8, 4) is 0 Å². The minimum atomic E-state index is -0.451. The van der Waals surface area contributed by atoms with Gasteiger partial charge in [-0.25, -0.2) is 4.79 Å². The van der Waals surface area contributed by atoms with E-state index in [1.807, 2.05) is 19.1 Å². The second-order valence-corrected chi connectivity index (χ2v) is 5.92. The van der Waals surface area contributed by atoms with Crippen LogP contribution in [0.3, 0.4) is 0 Å². The van der Waals surface area contributed by atoms with Crippen molar-refractivity contribution in [3.05, 3.63) is 28.8 Å². The predicted octanol–water partition coefficient (Wildman–Crippen LogP) is 3.02. The van der Waals surface area contributed by atoms with Crippen molar-refractivity contribution in [2.75, 3.05) is 31.6 Å². The third-order valence-electron chi connectivity index (χ3n) is 4.06. The molecule has 0 bridgehead atoms. The van der Waals surface area contributed by atoms with Gasteiger partial charge in [0.1, 0.15) is 0 Å². The fraction of sp³-hybridized carbons (Fsp3) is 0.533. The summed E-state index contributed by atoms with van der Waals surface area (Å²) in [5.74, 6) is -0.451. The van der Waals surface area contributed by atoms with Crippen LogP contribution in [0.1, 0.15) is 18.4 Å². The molecule has 114 valence electrons. The highest BCUT2D eigenvalue weighted by atomic mass is 35.5. The van der Waals surface area contributed by atoms with Crippen LogP contribution in [0.25, 0.3) is 0 Å². The number of ether oxygens (including phenoxy) is 2. The van der Waals surface area contributed by atoms with Crippen LogP contribution in [-0.4, -0.2) is 43.0 Å². The number of anilines is 1. The molecule has 2 heterocycles. The van der Waals surface area contributed by atoms with E-state index in [0.717, 1.165) is 24.1 Å². The summed E-state index contributed by atoms with van der Waals surface area (Å²) in [5.41, 5.74) is 1.74. The highest BCUT2D eigenvalue weighted by Crippen LogP contribution is 2.31. The van der Waals surface area contributed by atoms with E-state index in [-0.39, 0.29) is 6.03 Å². The Bertz CT molecular complexity index is 534. The zero-order valence-electron chi connectivity index (χ0n) is 12.0. The van der Waals surface area contributed by atoms with Gasteiger partial charge < -0.3 is 19.7 Å². The number of piperidine rings is 1. The third-order valence-corrected chi connectivity index (χ3v) is 4.29. The number of aryl methyl sites for hydroxylation is 1. The molecule has 1 aromatic rings. The van der Waals surface area contributed by atoms with Gasteiger partial charge in [-0.2, -0.15) is 0 Å². The first-order valence-corrected chi connectivity index (χ1v) is 7.56. The van der Waals surface area contributed by atoms with Crippen molar-refractivity contribution in [2.24, 2.45) is 0 Å². The maximum atomic E-state index is 12.3. The lowest BCUT2D eigenvalue weighted by atomic mass is 10.0. The van der Waals surface area contributed by atoms with E-state index in [4.69, 9.17) is 21.1 Å². The van der Waals surface area contributed by atoms with Gasteiger partial charge >= 0.3 is 6.03 Å². The summed E-state index contributed by atoms with van der Waals surface area (Å²) in [5, 5.41) is 3.60. The summed E-state index contributed by atoms with van der Waals surface area (Å²) in [6, 6.07) is 5.34. The Labute approximate surface area is 129 Å². The topological polar surface area (TPSA) is 50.8 Å². The number of likely N-dealkylation sites (tertiary alicyclic amines) is 1. The first-order chi connectivity index (χ1) is 10.1. The third kappa shape index (κ3) is 3.15. The van der Waals surface area contributed by atoms with Crippen molar-refractivity contribution >= 4 is 23.3 Å². The Morgan fingerprint density at radius 1 is 1.29 bits per heavy atom. The molecule has 2 amide bonds. The maximum Gasteiger partial charge on any atom is 0.321 e. The number of nitrogens with one attached hydrogen (secondary N) is 1. The molecule has 21 heavy (non-hydrogen) atoms. The molecule has 2 saturated heterocycles. The molecule has 0 unspecified atom stereocenters. The molecule has 0 saturated carbocycles. The van der Waals surface area contributed by atoms with Gasteiger partial charge in [0.2, 0.25) is 0 Å². The number of nitrogens with zero attached hydrogens (tertiary/aromatic N) is 1. The number of rotatable bonds is 1. The lowest BCUT2D eigenvalue weighted by Gasteiger charge is -2.37. The predicted molar refractivity (Wildman–Crippen MR) is 80.6 cm³/mol.